The lowest BCUT2D eigenvalue weighted by atomic mass is 9.70. The SMILES string of the molecule is Cc1ccc([N+](=O)[O-])cc1S(=O)(=O)N1CCN(CC2(C)CCC2)CC1. The second-order valence-electron chi connectivity index (χ2n) is 7.55. The van der Waals surface area contributed by atoms with Crippen molar-refractivity contribution in [2.24, 2.45) is 5.41 Å². The fourth-order valence-electron chi connectivity index (χ4n) is 3.73. The highest BCUT2D eigenvalue weighted by atomic mass is 32.2. The minimum absolute atomic E-state index is 0.0427. The van der Waals surface area contributed by atoms with Gasteiger partial charge in [0.25, 0.3) is 5.69 Å². The molecule has 0 atom stereocenters. The highest BCUT2D eigenvalue weighted by molar-refractivity contribution is 7.89. The number of aryl methyl sites for hydroxylation is 1. The van der Waals surface area contributed by atoms with E-state index in [1.807, 2.05) is 0 Å². The van der Waals surface area contributed by atoms with Crippen LogP contribution in [0, 0.1) is 22.5 Å². The lowest BCUT2D eigenvalue weighted by Crippen LogP contribution is -2.52. The third-order valence-electron chi connectivity index (χ3n) is 5.50. The van der Waals surface area contributed by atoms with Gasteiger partial charge in [-0.05, 0) is 30.7 Å². The topological polar surface area (TPSA) is 83.8 Å². The van der Waals surface area contributed by atoms with Crippen molar-refractivity contribution in [1.29, 1.82) is 0 Å². The third-order valence-corrected chi connectivity index (χ3v) is 7.54. The highest BCUT2D eigenvalue weighted by Crippen LogP contribution is 2.41. The summed E-state index contributed by atoms with van der Waals surface area (Å²) in [6.07, 6.45) is 3.79. The van der Waals surface area contributed by atoms with Gasteiger partial charge >= 0.3 is 0 Å². The maximum absolute atomic E-state index is 12.9. The molecule has 0 aromatic heterocycles. The first kappa shape index (κ1) is 18.3. The maximum Gasteiger partial charge on any atom is 0.270 e. The number of nitrogens with zero attached hydrogens (tertiary/aromatic N) is 3. The van der Waals surface area contributed by atoms with E-state index in [-0.39, 0.29) is 10.6 Å². The summed E-state index contributed by atoms with van der Waals surface area (Å²) >= 11 is 0. The minimum Gasteiger partial charge on any atom is -0.300 e. The van der Waals surface area contributed by atoms with E-state index in [0.29, 0.717) is 37.2 Å². The molecule has 0 unspecified atom stereocenters. The van der Waals surface area contributed by atoms with Gasteiger partial charge in [-0.25, -0.2) is 8.42 Å². The smallest absolute Gasteiger partial charge is 0.270 e. The first-order valence-electron chi connectivity index (χ1n) is 8.69. The Kier molecular flexibility index (Phi) is 4.87. The van der Waals surface area contributed by atoms with E-state index in [1.165, 1.54) is 41.8 Å². The van der Waals surface area contributed by atoms with Gasteiger partial charge in [0.15, 0.2) is 0 Å². The number of rotatable bonds is 5. The second-order valence-corrected chi connectivity index (χ2v) is 9.46. The van der Waals surface area contributed by atoms with E-state index < -0.39 is 14.9 Å². The summed E-state index contributed by atoms with van der Waals surface area (Å²) in [6.45, 7) is 7.28. The van der Waals surface area contributed by atoms with E-state index in [2.05, 4.69) is 11.8 Å². The monoisotopic (exact) mass is 367 g/mol. The van der Waals surface area contributed by atoms with E-state index in [9.17, 15) is 18.5 Å². The van der Waals surface area contributed by atoms with Gasteiger partial charge in [0, 0.05) is 44.9 Å². The van der Waals surface area contributed by atoms with Crippen molar-refractivity contribution < 1.29 is 13.3 Å². The molecule has 3 rings (SSSR count). The van der Waals surface area contributed by atoms with Crippen molar-refractivity contribution in [1.82, 2.24) is 9.21 Å². The van der Waals surface area contributed by atoms with Crippen molar-refractivity contribution in [3.8, 4) is 0 Å². The molecule has 2 fully saturated rings. The van der Waals surface area contributed by atoms with Crippen LogP contribution in [0.2, 0.25) is 0 Å². The fraction of sp³-hybridized carbons (Fsp3) is 0.647. The van der Waals surface area contributed by atoms with Gasteiger partial charge < -0.3 is 4.90 Å². The van der Waals surface area contributed by atoms with Gasteiger partial charge in [-0.1, -0.05) is 19.4 Å². The standard InChI is InChI=1S/C17H25N3O4S/c1-14-4-5-15(20(21)22)12-16(14)25(23,24)19-10-8-18(9-11-19)13-17(2)6-3-7-17/h4-5,12H,3,6-11,13H2,1-2H3. The van der Waals surface area contributed by atoms with Crippen LogP contribution in [0.15, 0.2) is 23.1 Å². The Bertz CT molecular complexity index is 766. The number of hydrogen-bond donors (Lipinski definition) is 0. The number of hydrogen-bond acceptors (Lipinski definition) is 5. The molecule has 138 valence electrons. The summed E-state index contributed by atoms with van der Waals surface area (Å²) in [5, 5.41) is 11.0. The number of sulfonamides is 1. The zero-order valence-electron chi connectivity index (χ0n) is 14.8. The Balaban J connectivity index is 1.71. The first-order valence-corrected chi connectivity index (χ1v) is 10.1. The van der Waals surface area contributed by atoms with Gasteiger partial charge in [0.1, 0.15) is 0 Å². The Morgan fingerprint density at radius 3 is 2.36 bits per heavy atom. The van der Waals surface area contributed by atoms with Crippen LogP contribution in [0.25, 0.3) is 0 Å². The average Bonchev–Trinajstić information content (AvgIpc) is 2.54. The molecule has 0 spiro atoms. The molecule has 1 aliphatic heterocycles. The molecule has 1 aliphatic carbocycles. The van der Waals surface area contributed by atoms with Crippen LogP contribution in [0.5, 0.6) is 0 Å². The van der Waals surface area contributed by atoms with Crippen LogP contribution < -0.4 is 0 Å². The van der Waals surface area contributed by atoms with Crippen molar-refractivity contribution in [2.75, 3.05) is 32.7 Å². The van der Waals surface area contributed by atoms with Crippen LogP contribution in [0.4, 0.5) is 5.69 Å². The van der Waals surface area contributed by atoms with Crippen LogP contribution in [-0.4, -0.2) is 55.3 Å². The van der Waals surface area contributed by atoms with Gasteiger partial charge in [-0.2, -0.15) is 4.31 Å². The molecule has 0 amide bonds. The summed E-state index contributed by atoms with van der Waals surface area (Å²) in [4.78, 5) is 12.8. The summed E-state index contributed by atoms with van der Waals surface area (Å²) in [5.41, 5.74) is 0.730. The van der Waals surface area contributed by atoms with E-state index >= 15 is 0 Å². The molecule has 7 nitrogen and oxygen atoms in total. The van der Waals surface area contributed by atoms with Crippen molar-refractivity contribution >= 4 is 15.7 Å². The van der Waals surface area contributed by atoms with Crippen LogP contribution in [-0.2, 0) is 10.0 Å². The van der Waals surface area contributed by atoms with Gasteiger partial charge in [0.2, 0.25) is 10.0 Å². The predicted molar refractivity (Wildman–Crippen MR) is 95.0 cm³/mol. The molecule has 25 heavy (non-hydrogen) atoms. The molecule has 1 saturated carbocycles. The van der Waals surface area contributed by atoms with Crippen molar-refractivity contribution in [3.05, 3.63) is 33.9 Å². The molecule has 8 heteroatoms. The van der Waals surface area contributed by atoms with Gasteiger partial charge in [-0.15, -0.1) is 0 Å². The molecule has 1 heterocycles. The van der Waals surface area contributed by atoms with E-state index in [4.69, 9.17) is 0 Å². The van der Waals surface area contributed by atoms with E-state index in [0.717, 1.165) is 6.54 Å². The summed E-state index contributed by atoms with van der Waals surface area (Å²) in [5.74, 6) is 0. The normalized spacial score (nSPS) is 21.7. The van der Waals surface area contributed by atoms with Crippen LogP contribution in [0.3, 0.4) is 0 Å². The van der Waals surface area contributed by atoms with Crippen molar-refractivity contribution in [2.45, 2.75) is 38.0 Å². The Labute approximate surface area is 148 Å². The number of nitro groups is 1. The van der Waals surface area contributed by atoms with Gasteiger partial charge in [0.05, 0.1) is 9.82 Å². The van der Waals surface area contributed by atoms with Crippen LogP contribution in [0.1, 0.15) is 31.7 Å². The minimum atomic E-state index is -3.71. The Morgan fingerprint density at radius 1 is 1.20 bits per heavy atom. The Hall–Kier alpha value is -1.51. The molecule has 1 aromatic rings. The highest BCUT2D eigenvalue weighted by Gasteiger charge is 2.36. The van der Waals surface area contributed by atoms with Crippen LogP contribution >= 0.6 is 0 Å². The summed E-state index contributed by atoms with van der Waals surface area (Å²) < 4.78 is 27.3. The molecule has 0 N–H and O–H groups in total. The fourth-order valence-corrected chi connectivity index (χ4v) is 5.39. The predicted octanol–water partition coefficient (Wildman–Crippen LogP) is 2.40. The average molecular weight is 367 g/mol. The summed E-state index contributed by atoms with van der Waals surface area (Å²) in [6, 6.07) is 4.01. The molecule has 0 radical (unpaired) electrons. The Morgan fingerprint density at radius 2 is 1.84 bits per heavy atom. The molecule has 2 aliphatic rings. The number of non-ortho nitro benzene ring substituents is 1. The zero-order valence-corrected chi connectivity index (χ0v) is 15.6. The van der Waals surface area contributed by atoms with Crippen molar-refractivity contribution in [3.63, 3.8) is 0 Å². The lowest BCUT2D eigenvalue weighted by molar-refractivity contribution is -0.385. The first-order chi connectivity index (χ1) is 11.7. The summed E-state index contributed by atoms with van der Waals surface area (Å²) in [7, 11) is -3.71. The molecule has 1 aromatic carbocycles. The number of piperazine rings is 1. The van der Waals surface area contributed by atoms with E-state index in [1.54, 1.807) is 6.92 Å². The molecule has 1 saturated heterocycles. The zero-order chi connectivity index (χ0) is 18.2. The second kappa shape index (κ2) is 6.66. The quantitative estimate of drug-likeness (QED) is 0.589. The number of nitro benzene ring substituents is 1. The third kappa shape index (κ3) is 3.70. The molecule has 0 bridgehead atoms. The van der Waals surface area contributed by atoms with Gasteiger partial charge in [-0.3, -0.25) is 10.1 Å². The number of benzene rings is 1. The maximum atomic E-state index is 12.9. The molecular weight excluding hydrogens is 342 g/mol. The largest absolute Gasteiger partial charge is 0.300 e. The lowest BCUT2D eigenvalue weighted by Gasteiger charge is -2.44. The molecular formula is C17H25N3O4S.